The second-order valence-electron chi connectivity index (χ2n) is 4.25. The lowest BCUT2D eigenvalue weighted by molar-refractivity contribution is -0.137. The van der Waals surface area contributed by atoms with E-state index >= 15 is 0 Å². The fraction of sp³-hybridized carbons (Fsp3) is 0.231. The summed E-state index contributed by atoms with van der Waals surface area (Å²) in [7, 11) is 0. The Morgan fingerprint density at radius 3 is 2.16 bits per heavy atom. The van der Waals surface area contributed by atoms with Gasteiger partial charge >= 0.3 is 6.18 Å². The average molecular weight is 333 g/mol. The minimum atomic E-state index is -4.40. The van der Waals surface area contributed by atoms with Crippen molar-refractivity contribution in [3.05, 3.63) is 51.8 Å². The van der Waals surface area contributed by atoms with Gasteiger partial charge in [0.15, 0.2) is 0 Å². The van der Waals surface area contributed by atoms with Crippen LogP contribution in [0.3, 0.4) is 0 Å². The summed E-state index contributed by atoms with van der Waals surface area (Å²) in [6.07, 6.45) is -4.40. The molecule has 1 aromatic carbocycles. The van der Waals surface area contributed by atoms with Crippen molar-refractivity contribution in [2.75, 3.05) is 5.43 Å². The second-order valence-corrected chi connectivity index (χ2v) is 5.17. The molecule has 0 spiro atoms. The first kappa shape index (κ1) is 14.0. The SMILES string of the molecule is Cc1ccc(C)n1Nc1ccc(Br)cc1C(F)(F)F. The van der Waals surface area contributed by atoms with Gasteiger partial charge in [-0.15, -0.1) is 0 Å². The van der Waals surface area contributed by atoms with Crippen LogP contribution in [0.2, 0.25) is 0 Å². The Morgan fingerprint density at radius 2 is 1.63 bits per heavy atom. The summed E-state index contributed by atoms with van der Waals surface area (Å²) in [5, 5.41) is 0. The maximum absolute atomic E-state index is 13.0. The number of aryl methyl sites for hydroxylation is 2. The summed E-state index contributed by atoms with van der Waals surface area (Å²) >= 11 is 3.06. The molecule has 0 saturated carbocycles. The summed E-state index contributed by atoms with van der Waals surface area (Å²) in [6, 6.07) is 7.73. The van der Waals surface area contributed by atoms with Crippen molar-refractivity contribution in [2.45, 2.75) is 20.0 Å². The largest absolute Gasteiger partial charge is 0.418 e. The molecule has 0 atom stereocenters. The molecule has 0 aliphatic carbocycles. The van der Waals surface area contributed by atoms with Gasteiger partial charge in [0.2, 0.25) is 0 Å². The van der Waals surface area contributed by atoms with Gasteiger partial charge in [-0.25, -0.2) is 0 Å². The molecule has 0 amide bonds. The highest BCUT2D eigenvalue weighted by Crippen LogP contribution is 2.36. The van der Waals surface area contributed by atoms with Crippen molar-refractivity contribution in [3.63, 3.8) is 0 Å². The normalized spacial score (nSPS) is 11.7. The van der Waals surface area contributed by atoms with Crippen molar-refractivity contribution >= 4 is 21.6 Å². The lowest BCUT2D eigenvalue weighted by Crippen LogP contribution is -2.17. The predicted octanol–water partition coefficient (Wildman–Crippen LogP) is 4.76. The molecule has 1 N–H and O–H groups in total. The van der Waals surface area contributed by atoms with Gasteiger partial charge in [-0.3, -0.25) is 10.1 Å². The summed E-state index contributed by atoms with van der Waals surface area (Å²) < 4.78 is 41.0. The third kappa shape index (κ3) is 2.94. The van der Waals surface area contributed by atoms with E-state index in [0.717, 1.165) is 17.5 Å². The van der Waals surface area contributed by atoms with Crippen LogP contribution in [0.1, 0.15) is 17.0 Å². The molecule has 0 unspecified atom stereocenters. The van der Waals surface area contributed by atoms with Crippen LogP contribution in [0.15, 0.2) is 34.8 Å². The molecule has 6 heteroatoms. The van der Waals surface area contributed by atoms with Crippen LogP contribution in [-0.2, 0) is 6.18 Å². The minimum Gasteiger partial charge on any atom is -0.294 e. The summed E-state index contributed by atoms with van der Waals surface area (Å²) in [5.41, 5.74) is 3.81. The van der Waals surface area contributed by atoms with E-state index in [1.54, 1.807) is 10.7 Å². The molecule has 2 nitrogen and oxygen atoms in total. The van der Waals surface area contributed by atoms with Crippen LogP contribution in [-0.4, -0.2) is 4.68 Å². The van der Waals surface area contributed by atoms with Crippen LogP contribution in [0, 0.1) is 13.8 Å². The Morgan fingerprint density at radius 1 is 1.05 bits per heavy atom. The highest BCUT2D eigenvalue weighted by atomic mass is 79.9. The molecule has 1 heterocycles. The van der Waals surface area contributed by atoms with E-state index in [0.29, 0.717) is 4.47 Å². The Hall–Kier alpha value is -1.43. The number of aromatic nitrogens is 1. The first-order valence-corrected chi connectivity index (χ1v) is 6.37. The minimum absolute atomic E-state index is 0.0260. The molecule has 0 radical (unpaired) electrons. The summed E-state index contributed by atoms with van der Waals surface area (Å²) in [6.45, 7) is 3.65. The Kier molecular flexibility index (Phi) is 3.62. The first-order chi connectivity index (χ1) is 8.79. The van der Waals surface area contributed by atoms with E-state index in [1.165, 1.54) is 6.07 Å². The quantitative estimate of drug-likeness (QED) is 0.838. The lowest BCUT2D eigenvalue weighted by atomic mass is 10.2. The first-order valence-electron chi connectivity index (χ1n) is 5.58. The number of benzene rings is 1. The number of hydrogen-bond acceptors (Lipinski definition) is 1. The van der Waals surface area contributed by atoms with Crippen molar-refractivity contribution < 1.29 is 13.2 Å². The predicted molar refractivity (Wildman–Crippen MR) is 72.1 cm³/mol. The number of alkyl halides is 3. The topological polar surface area (TPSA) is 17.0 Å². The van der Waals surface area contributed by atoms with Crippen molar-refractivity contribution in [1.29, 1.82) is 0 Å². The maximum atomic E-state index is 13.0. The van der Waals surface area contributed by atoms with E-state index in [4.69, 9.17) is 0 Å². The van der Waals surface area contributed by atoms with Crippen LogP contribution in [0.5, 0.6) is 0 Å². The third-order valence-corrected chi connectivity index (χ3v) is 3.28. The molecule has 1 aromatic heterocycles. The van der Waals surface area contributed by atoms with Gasteiger partial charge in [0.1, 0.15) is 0 Å². The van der Waals surface area contributed by atoms with E-state index < -0.39 is 11.7 Å². The van der Waals surface area contributed by atoms with Gasteiger partial charge in [0.05, 0.1) is 11.3 Å². The number of hydrogen-bond donors (Lipinski definition) is 1. The molecule has 0 aliphatic rings. The zero-order chi connectivity index (χ0) is 14.2. The fourth-order valence-electron chi connectivity index (χ4n) is 1.81. The molecular weight excluding hydrogens is 321 g/mol. The maximum Gasteiger partial charge on any atom is 0.418 e. The molecule has 102 valence electrons. The zero-order valence-electron chi connectivity index (χ0n) is 10.3. The Balaban J connectivity index is 2.46. The van der Waals surface area contributed by atoms with Crippen molar-refractivity contribution in [1.82, 2.24) is 4.68 Å². The van der Waals surface area contributed by atoms with Gasteiger partial charge < -0.3 is 0 Å². The van der Waals surface area contributed by atoms with Gasteiger partial charge in [-0.05, 0) is 44.2 Å². The van der Waals surface area contributed by atoms with Crippen molar-refractivity contribution in [2.24, 2.45) is 0 Å². The third-order valence-electron chi connectivity index (χ3n) is 2.79. The smallest absolute Gasteiger partial charge is 0.294 e. The van der Waals surface area contributed by atoms with Gasteiger partial charge in [-0.2, -0.15) is 13.2 Å². The lowest BCUT2D eigenvalue weighted by Gasteiger charge is -2.18. The van der Waals surface area contributed by atoms with Gasteiger partial charge in [-0.1, -0.05) is 15.9 Å². The standard InChI is InChI=1S/C13H12BrF3N2/c1-8-3-4-9(2)19(8)18-12-6-5-10(14)7-11(12)13(15,16)17/h3-7,18H,1-2H3. The molecule has 0 bridgehead atoms. The number of rotatable bonds is 2. The van der Waals surface area contributed by atoms with Crippen LogP contribution in [0.25, 0.3) is 0 Å². The number of anilines is 1. The molecular formula is C13H12BrF3N2. The Bertz CT molecular complexity index is 583. The molecule has 0 saturated heterocycles. The van der Waals surface area contributed by atoms with E-state index in [-0.39, 0.29) is 5.69 Å². The molecule has 0 fully saturated rings. The number of halogens is 4. The molecule has 2 rings (SSSR count). The van der Waals surface area contributed by atoms with Crippen LogP contribution < -0.4 is 5.43 Å². The average Bonchev–Trinajstić information content (AvgIpc) is 2.61. The highest BCUT2D eigenvalue weighted by Gasteiger charge is 2.34. The monoisotopic (exact) mass is 332 g/mol. The van der Waals surface area contributed by atoms with Gasteiger partial charge in [0.25, 0.3) is 0 Å². The van der Waals surface area contributed by atoms with Crippen LogP contribution in [0.4, 0.5) is 18.9 Å². The van der Waals surface area contributed by atoms with Crippen molar-refractivity contribution in [3.8, 4) is 0 Å². The number of nitrogens with one attached hydrogen (secondary N) is 1. The summed E-state index contributed by atoms with van der Waals surface area (Å²) in [5.74, 6) is 0. The van der Waals surface area contributed by atoms with E-state index in [2.05, 4.69) is 21.4 Å². The molecule has 0 aliphatic heterocycles. The van der Waals surface area contributed by atoms with E-state index in [1.807, 2.05) is 26.0 Å². The molecule has 2 aromatic rings. The second kappa shape index (κ2) is 4.92. The van der Waals surface area contributed by atoms with Gasteiger partial charge in [0, 0.05) is 15.9 Å². The Labute approximate surface area is 117 Å². The van der Waals surface area contributed by atoms with Crippen LogP contribution >= 0.6 is 15.9 Å². The highest BCUT2D eigenvalue weighted by molar-refractivity contribution is 9.10. The van der Waals surface area contributed by atoms with E-state index in [9.17, 15) is 13.2 Å². The fourth-order valence-corrected chi connectivity index (χ4v) is 2.17. The molecule has 19 heavy (non-hydrogen) atoms. The summed E-state index contributed by atoms with van der Waals surface area (Å²) in [4.78, 5) is 0. The number of nitrogens with zero attached hydrogens (tertiary/aromatic N) is 1. The zero-order valence-corrected chi connectivity index (χ0v) is 11.9.